The first-order chi connectivity index (χ1) is 28.0. The summed E-state index contributed by atoms with van der Waals surface area (Å²) in [5, 5.41) is 71.7. The number of carbonyl (C=O) groups excluding carboxylic acids is 2. The Labute approximate surface area is 346 Å². The minimum absolute atomic E-state index is 0.0854. The molecule has 58 heavy (non-hydrogen) atoms. The van der Waals surface area contributed by atoms with E-state index in [4.69, 9.17) is 28.4 Å². The van der Waals surface area contributed by atoms with E-state index in [1.165, 1.54) is 77.0 Å². The summed E-state index contributed by atoms with van der Waals surface area (Å²) in [6.07, 6.45) is 10.1. The lowest BCUT2D eigenvalue weighted by Gasteiger charge is -2.42. The van der Waals surface area contributed by atoms with Crippen LogP contribution in [-0.2, 0) is 38.0 Å². The second-order valence-corrected chi connectivity index (χ2v) is 15.9. The minimum Gasteiger partial charge on any atom is -0.462 e. The van der Waals surface area contributed by atoms with Gasteiger partial charge in [-0.2, -0.15) is 0 Å². The summed E-state index contributed by atoms with van der Waals surface area (Å²) in [4.78, 5) is 25.4. The fourth-order valence-corrected chi connectivity index (χ4v) is 7.00. The van der Waals surface area contributed by atoms with Gasteiger partial charge in [-0.15, -0.1) is 0 Å². The van der Waals surface area contributed by atoms with Gasteiger partial charge in [-0.25, -0.2) is 0 Å². The van der Waals surface area contributed by atoms with Crippen LogP contribution in [0.15, 0.2) is 12.2 Å². The molecule has 340 valence electrons. The number of unbranched alkanes of at least 4 members (excludes halogenated alkanes) is 17. The smallest absolute Gasteiger partial charge is 0.306 e. The highest BCUT2D eigenvalue weighted by atomic mass is 16.7. The molecule has 0 aromatic rings. The summed E-state index contributed by atoms with van der Waals surface area (Å²) in [6.45, 7) is 2.48. The van der Waals surface area contributed by atoms with Crippen molar-refractivity contribution in [1.82, 2.24) is 0 Å². The van der Waals surface area contributed by atoms with Crippen LogP contribution in [0.25, 0.3) is 0 Å². The van der Waals surface area contributed by atoms with E-state index in [-0.39, 0.29) is 19.4 Å². The average Bonchev–Trinajstić information content (AvgIpc) is 3.21. The maximum absolute atomic E-state index is 12.9. The van der Waals surface area contributed by atoms with Crippen molar-refractivity contribution < 1.29 is 73.8 Å². The lowest BCUT2D eigenvalue weighted by atomic mass is 9.98. The number of hydrogen-bond donors (Lipinski definition) is 7. The molecule has 0 aromatic heterocycles. The number of allylic oxidation sites excluding steroid dienone is 2. The number of ether oxygens (including phenoxy) is 6. The fraction of sp³-hybridized carbons (Fsp3) is 0.907. The summed E-state index contributed by atoms with van der Waals surface area (Å²) >= 11 is 0. The van der Waals surface area contributed by atoms with E-state index in [2.05, 4.69) is 19.9 Å². The van der Waals surface area contributed by atoms with E-state index in [1.807, 2.05) is 6.08 Å². The highest BCUT2D eigenvalue weighted by Gasteiger charge is 2.47. The van der Waals surface area contributed by atoms with Crippen LogP contribution in [0, 0.1) is 0 Å². The van der Waals surface area contributed by atoms with Gasteiger partial charge < -0.3 is 64.2 Å². The van der Waals surface area contributed by atoms with Crippen molar-refractivity contribution in [1.29, 1.82) is 0 Å². The second-order valence-electron chi connectivity index (χ2n) is 15.9. The number of esters is 2. The Balaban J connectivity index is 1.86. The molecule has 0 aromatic carbocycles. The van der Waals surface area contributed by atoms with E-state index in [0.29, 0.717) is 12.8 Å². The summed E-state index contributed by atoms with van der Waals surface area (Å²) in [6, 6.07) is 0. The van der Waals surface area contributed by atoms with Gasteiger partial charge in [-0.1, -0.05) is 129 Å². The van der Waals surface area contributed by atoms with Crippen LogP contribution in [0.1, 0.15) is 155 Å². The van der Waals surface area contributed by atoms with Crippen LogP contribution in [0.2, 0.25) is 0 Å². The number of rotatable bonds is 33. The summed E-state index contributed by atoms with van der Waals surface area (Å²) in [7, 11) is 0. The Morgan fingerprint density at radius 2 is 1.02 bits per heavy atom. The zero-order valence-electron chi connectivity index (χ0n) is 35.3. The lowest BCUT2D eigenvalue weighted by Crippen LogP contribution is -2.61. The molecule has 4 unspecified atom stereocenters. The Kier molecular flexibility index (Phi) is 28.9. The van der Waals surface area contributed by atoms with Crippen molar-refractivity contribution in [2.45, 2.75) is 223 Å². The van der Waals surface area contributed by atoms with Crippen molar-refractivity contribution >= 4 is 11.9 Å². The van der Waals surface area contributed by atoms with Gasteiger partial charge in [0.25, 0.3) is 0 Å². The number of aliphatic hydroxyl groups is 7. The molecule has 15 nitrogen and oxygen atoms in total. The molecule has 0 saturated carbocycles. The standard InChI is InChI=1S/C43H78O15/c1-3-5-7-9-11-12-13-14-15-16-17-18-20-22-24-26-35(46)56-31(28-53-34(45)25-23-21-19-10-8-6-4-2)29-54-42-41(52)39(50)37(48)33(58-42)30-55-43-40(51)38(49)36(47)32(27-44)57-43/h20,22,31-33,36-44,47-52H,3-19,21,23-30H2,1-2H3/b22-20+/t31-,32-,33-,36+,37+,38?,39?,40?,41?,42-,43-/m1/s1. The third kappa shape index (κ3) is 21.2. The SMILES string of the molecule is CCCCCCCCCCCCC/C=C/CCC(=O)O[C@H](COC(=O)CCCCCCCCC)CO[C@@H]1O[C@H](CO[C@@H]2O[C@H](CO)[C@H](O)C(O)C2O)[C@H](O)C(O)C1O. The van der Waals surface area contributed by atoms with Gasteiger partial charge in [0.1, 0.15) is 55.4 Å². The largest absolute Gasteiger partial charge is 0.462 e. The normalized spacial score (nSPS) is 28.2. The van der Waals surface area contributed by atoms with E-state index in [9.17, 15) is 45.3 Å². The van der Waals surface area contributed by atoms with Crippen molar-refractivity contribution in [3.05, 3.63) is 12.2 Å². The molecule has 2 rings (SSSR count). The Hall–Kier alpha value is -1.76. The van der Waals surface area contributed by atoms with Gasteiger partial charge in [-0.05, 0) is 25.7 Å². The van der Waals surface area contributed by atoms with Crippen molar-refractivity contribution in [3.8, 4) is 0 Å². The molecule has 7 N–H and O–H groups in total. The van der Waals surface area contributed by atoms with Crippen LogP contribution in [0.5, 0.6) is 0 Å². The first-order valence-electron chi connectivity index (χ1n) is 22.3. The molecule has 2 aliphatic heterocycles. The number of hydrogen-bond acceptors (Lipinski definition) is 15. The molecular weight excluding hydrogens is 756 g/mol. The first-order valence-corrected chi connectivity index (χ1v) is 22.3. The van der Waals surface area contributed by atoms with Gasteiger partial charge in [0.05, 0.1) is 19.8 Å². The zero-order valence-corrected chi connectivity index (χ0v) is 35.3. The third-order valence-corrected chi connectivity index (χ3v) is 10.8. The van der Waals surface area contributed by atoms with Gasteiger partial charge in [0.2, 0.25) is 0 Å². The summed E-state index contributed by atoms with van der Waals surface area (Å²) < 4.78 is 33.3. The second kappa shape index (κ2) is 32.0. The molecule has 0 bridgehead atoms. The van der Waals surface area contributed by atoms with Gasteiger partial charge in [0, 0.05) is 12.8 Å². The molecule has 11 atom stereocenters. The maximum atomic E-state index is 12.9. The van der Waals surface area contributed by atoms with E-state index in [0.717, 1.165) is 38.5 Å². The monoisotopic (exact) mass is 835 g/mol. The van der Waals surface area contributed by atoms with E-state index >= 15 is 0 Å². The van der Waals surface area contributed by atoms with Gasteiger partial charge >= 0.3 is 11.9 Å². The van der Waals surface area contributed by atoms with Crippen molar-refractivity contribution in [2.75, 3.05) is 26.4 Å². The van der Waals surface area contributed by atoms with Crippen LogP contribution in [-0.4, -0.2) is 142 Å². The highest BCUT2D eigenvalue weighted by Crippen LogP contribution is 2.26. The highest BCUT2D eigenvalue weighted by molar-refractivity contribution is 5.70. The molecular formula is C43H78O15. The first kappa shape index (κ1) is 52.4. The Morgan fingerprint density at radius 3 is 1.59 bits per heavy atom. The molecule has 0 amide bonds. The quantitative estimate of drug-likeness (QED) is 0.0278. The number of carbonyl (C=O) groups is 2. The molecule has 2 aliphatic rings. The van der Waals surface area contributed by atoms with Crippen LogP contribution in [0.3, 0.4) is 0 Å². The zero-order chi connectivity index (χ0) is 42.5. The predicted octanol–water partition coefficient (Wildman–Crippen LogP) is 4.26. The molecule has 15 heteroatoms. The number of aliphatic hydroxyl groups excluding tert-OH is 7. The minimum atomic E-state index is -1.76. The van der Waals surface area contributed by atoms with Gasteiger partial charge in [0.15, 0.2) is 18.7 Å². The molecule has 0 aliphatic carbocycles. The Morgan fingerprint density at radius 1 is 0.534 bits per heavy atom. The van der Waals surface area contributed by atoms with Crippen molar-refractivity contribution in [2.24, 2.45) is 0 Å². The summed E-state index contributed by atoms with van der Waals surface area (Å²) in [5.41, 5.74) is 0. The molecule has 2 saturated heterocycles. The molecule has 0 spiro atoms. The van der Waals surface area contributed by atoms with Crippen LogP contribution >= 0.6 is 0 Å². The van der Waals surface area contributed by atoms with E-state index < -0.39 is 99.3 Å². The van der Waals surface area contributed by atoms with Gasteiger partial charge in [-0.3, -0.25) is 9.59 Å². The topological polar surface area (TPSA) is 231 Å². The molecule has 2 fully saturated rings. The van der Waals surface area contributed by atoms with Crippen molar-refractivity contribution in [3.63, 3.8) is 0 Å². The predicted molar refractivity (Wildman–Crippen MR) is 215 cm³/mol. The maximum Gasteiger partial charge on any atom is 0.306 e. The fourth-order valence-electron chi connectivity index (χ4n) is 7.00. The Bertz CT molecular complexity index is 1080. The van der Waals surface area contributed by atoms with E-state index in [1.54, 1.807) is 0 Å². The van der Waals surface area contributed by atoms with Crippen LogP contribution in [0.4, 0.5) is 0 Å². The lowest BCUT2D eigenvalue weighted by molar-refractivity contribution is -0.332. The summed E-state index contributed by atoms with van der Waals surface area (Å²) in [5.74, 6) is -0.986. The molecule has 0 radical (unpaired) electrons. The average molecular weight is 835 g/mol. The third-order valence-electron chi connectivity index (χ3n) is 10.8. The molecule has 2 heterocycles. The van der Waals surface area contributed by atoms with Crippen LogP contribution < -0.4 is 0 Å².